The van der Waals surface area contributed by atoms with Gasteiger partial charge in [-0.1, -0.05) is 24.8 Å². The number of aromatic nitrogens is 3. The summed E-state index contributed by atoms with van der Waals surface area (Å²) >= 11 is 3.03. The first-order chi connectivity index (χ1) is 14.0. The maximum atomic E-state index is 12.5. The van der Waals surface area contributed by atoms with Crippen LogP contribution in [0.5, 0.6) is 0 Å². The highest BCUT2D eigenvalue weighted by Gasteiger charge is 2.20. The van der Waals surface area contributed by atoms with E-state index in [2.05, 4.69) is 59.2 Å². The van der Waals surface area contributed by atoms with E-state index in [1.165, 1.54) is 27.8 Å². The van der Waals surface area contributed by atoms with Gasteiger partial charge in [-0.05, 0) is 43.7 Å². The summed E-state index contributed by atoms with van der Waals surface area (Å²) in [5.41, 5.74) is 4.68. The lowest BCUT2D eigenvalue weighted by Crippen LogP contribution is -2.29. The van der Waals surface area contributed by atoms with Gasteiger partial charge in [-0.25, -0.2) is 9.97 Å². The number of thioether (sulfide) groups is 1. The van der Waals surface area contributed by atoms with Crippen LogP contribution in [0.3, 0.4) is 0 Å². The van der Waals surface area contributed by atoms with E-state index in [9.17, 15) is 4.79 Å². The Labute approximate surface area is 179 Å². The lowest BCUT2D eigenvalue weighted by atomic mass is 10.1. The summed E-state index contributed by atoms with van der Waals surface area (Å²) in [5, 5.41) is 4.47. The molecular weight excluding hydrogens is 402 g/mol. The molecule has 0 fully saturated rings. The smallest absolute Gasteiger partial charge is 0.236 e. The van der Waals surface area contributed by atoms with Crippen molar-refractivity contribution >= 4 is 34.1 Å². The second kappa shape index (κ2) is 8.69. The van der Waals surface area contributed by atoms with E-state index in [0.717, 1.165) is 42.6 Å². The number of likely N-dealkylation sites (N-methyl/N-ethyl adjacent to an activating group) is 1. The molecule has 0 atom stereocenters. The molecule has 0 bridgehead atoms. The molecule has 0 saturated carbocycles. The molecule has 6 nitrogen and oxygen atoms in total. The third-order valence-electron chi connectivity index (χ3n) is 5.21. The summed E-state index contributed by atoms with van der Waals surface area (Å²) in [4.78, 5) is 25.2. The van der Waals surface area contributed by atoms with Gasteiger partial charge in [0.05, 0.1) is 11.4 Å². The SMILES string of the molecule is CCN1CCc2nc(NC(=O)CSc3nccn3-c3ccc(C)c(C)c3)sc2C1. The number of nitrogens with one attached hydrogen (secondary N) is 1. The Morgan fingerprint density at radius 2 is 2.17 bits per heavy atom. The highest BCUT2D eigenvalue weighted by atomic mass is 32.2. The van der Waals surface area contributed by atoms with Crippen LogP contribution in [0, 0.1) is 13.8 Å². The molecule has 0 radical (unpaired) electrons. The Morgan fingerprint density at radius 3 is 2.97 bits per heavy atom. The summed E-state index contributed by atoms with van der Waals surface area (Å²) in [6.07, 6.45) is 4.65. The molecule has 2 aromatic heterocycles. The van der Waals surface area contributed by atoms with Crippen LogP contribution >= 0.6 is 23.1 Å². The van der Waals surface area contributed by atoms with Crippen molar-refractivity contribution in [3.63, 3.8) is 0 Å². The van der Waals surface area contributed by atoms with E-state index in [1.807, 2.05) is 10.8 Å². The van der Waals surface area contributed by atoms with Crippen LogP contribution < -0.4 is 5.32 Å². The monoisotopic (exact) mass is 427 g/mol. The number of hydrogen-bond acceptors (Lipinski definition) is 6. The molecule has 0 aliphatic carbocycles. The van der Waals surface area contributed by atoms with Crippen LogP contribution in [0.15, 0.2) is 35.7 Å². The molecule has 1 aromatic carbocycles. The molecule has 152 valence electrons. The first kappa shape index (κ1) is 20.1. The predicted molar refractivity (Wildman–Crippen MR) is 119 cm³/mol. The van der Waals surface area contributed by atoms with Crippen LogP contribution in [0.2, 0.25) is 0 Å². The van der Waals surface area contributed by atoms with E-state index in [4.69, 9.17) is 0 Å². The number of aryl methyl sites for hydroxylation is 2. The molecule has 1 amide bonds. The standard InChI is InChI=1S/C21H25N5OS2/c1-4-25-9-7-17-18(12-25)29-20(23-17)24-19(27)13-28-21-22-8-10-26(21)16-6-5-14(2)15(3)11-16/h5-6,8,10-11H,4,7,9,12-13H2,1-3H3,(H,23,24,27). The van der Waals surface area contributed by atoms with E-state index < -0.39 is 0 Å². The fourth-order valence-electron chi connectivity index (χ4n) is 3.33. The minimum atomic E-state index is -0.0527. The lowest BCUT2D eigenvalue weighted by molar-refractivity contribution is -0.113. The highest BCUT2D eigenvalue weighted by Crippen LogP contribution is 2.28. The van der Waals surface area contributed by atoms with Gasteiger partial charge < -0.3 is 5.32 Å². The number of nitrogens with zero attached hydrogens (tertiary/aromatic N) is 4. The van der Waals surface area contributed by atoms with Gasteiger partial charge in [-0.15, -0.1) is 11.3 Å². The average molecular weight is 428 g/mol. The third-order valence-corrected chi connectivity index (χ3v) is 7.18. The summed E-state index contributed by atoms with van der Waals surface area (Å²) in [6, 6.07) is 6.32. The first-order valence-corrected chi connectivity index (χ1v) is 11.6. The Hall–Kier alpha value is -2.16. The number of amides is 1. The van der Waals surface area contributed by atoms with E-state index >= 15 is 0 Å². The van der Waals surface area contributed by atoms with Gasteiger partial charge in [-0.2, -0.15) is 0 Å². The quantitative estimate of drug-likeness (QED) is 0.601. The van der Waals surface area contributed by atoms with Crippen molar-refractivity contribution < 1.29 is 4.79 Å². The zero-order valence-electron chi connectivity index (χ0n) is 16.9. The molecule has 29 heavy (non-hydrogen) atoms. The number of fused-ring (bicyclic) bond motifs is 1. The summed E-state index contributed by atoms with van der Waals surface area (Å²) in [5.74, 6) is 0.246. The van der Waals surface area contributed by atoms with E-state index in [-0.39, 0.29) is 5.91 Å². The van der Waals surface area contributed by atoms with Crippen molar-refractivity contribution in [3.8, 4) is 5.69 Å². The number of hydrogen-bond donors (Lipinski definition) is 1. The van der Waals surface area contributed by atoms with Gasteiger partial charge in [0.1, 0.15) is 0 Å². The Bertz CT molecular complexity index is 1030. The van der Waals surface area contributed by atoms with Crippen molar-refractivity contribution in [1.82, 2.24) is 19.4 Å². The zero-order valence-corrected chi connectivity index (χ0v) is 18.6. The number of rotatable bonds is 6. The number of thiazole rings is 1. The molecule has 0 spiro atoms. The minimum Gasteiger partial charge on any atom is -0.301 e. The highest BCUT2D eigenvalue weighted by molar-refractivity contribution is 7.99. The molecule has 0 unspecified atom stereocenters. The van der Waals surface area contributed by atoms with Gasteiger partial charge in [0.2, 0.25) is 5.91 Å². The van der Waals surface area contributed by atoms with Crippen LogP contribution in [0.1, 0.15) is 28.6 Å². The molecule has 3 heterocycles. The van der Waals surface area contributed by atoms with Crippen LogP contribution in [-0.2, 0) is 17.8 Å². The Balaban J connectivity index is 1.38. The van der Waals surface area contributed by atoms with Gasteiger partial charge in [0.25, 0.3) is 0 Å². The molecule has 1 aliphatic rings. The fourth-order valence-corrected chi connectivity index (χ4v) is 5.17. The maximum Gasteiger partial charge on any atom is 0.236 e. The van der Waals surface area contributed by atoms with Crippen molar-refractivity contribution in [2.45, 2.75) is 38.9 Å². The Morgan fingerprint density at radius 1 is 1.31 bits per heavy atom. The molecule has 3 aromatic rings. The molecule has 1 aliphatic heterocycles. The van der Waals surface area contributed by atoms with Crippen LogP contribution in [0.25, 0.3) is 5.69 Å². The number of anilines is 1. The molecule has 1 N–H and O–H groups in total. The first-order valence-electron chi connectivity index (χ1n) is 9.78. The maximum absolute atomic E-state index is 12.5. The van der Waals surface area contributed by atoms with Crippen molar-refractivity contribution in [1.29, 1.82) is 0 Å². The van der Waals surface area contributed by atoms with Crippen LogP contribution in [0.4, 0.5) is 5.13 Å². The summed E-state index contributed by atoms with van der Waals surface area (Å²) in [7, 11) is 0. The third kappa shape index (κ3) is 4.55. The second-order valence-electron chi connectivity index (χ2n) is 7.19. The van der Waals surface area contributed by atoms with Crippen molar-refractivity contribution in [2.75, 3.05) is 24.2 Å². The number of carbonyl (C=O) groups is 1. The molecular formula is C21H25N5OS2. The summed E-state index contributed by atoms with van der Waals surface area (Å²) < 4.78 is 2.02. The largest absolute Gasteiger partial charge is 0.301 e. The Kier molecular flexibility index (Phi) is 6.03. The molecule has 0 saturated heterocycles. The molecule has 8 heteroatoms. The summed E-state index contributed by atoms with van der Waals surface area (Å²) in [6.45, 7) is 9.39. The van der Waals surface area contributed by atoms with Gasteiger partial charge in [0.15, 0.2) is 10.3 Å². The number of imidazole rings is 1. The van der Waals surface area contributed by atoms with Gasteiger partial charge >= 0.3 is 0 Å². The topological polar surface area (TPSA) is 63.1 Å². The number of benzene rings is 1. The zero-order chi connectivity index (χ0) is 20.4. The molecule has 4 rings (SSSR count). The average Bonchev–Trinajstić information content (AvgIpc) is 3.34. The van der Waals surface area contributed by atoms with E-state index in [0.29, 0.717) is 10.9 Å². The van der Waals surface area contributed by atoms with Crippen molar-refractivity contribution in [3.05, 3.63) is 52.3 Å². The van der Waals surface area contributed by atoms with Crippen molar-refractivity contribution in [2.24, 2.45) is 0 Å². The normalized spacial score (nSPS) is 14.0. The number of carbonyl (C=O) groups excluding carboxylic acids is 1. The predicted octanol–water partition coefficient (Wildman–Crippen LogP) is 4.05. The van der Waals surface area contributed by atoms with Crippen LogP contribution in [-0.4, -0.2) is 44.2 Å². The fraction of sp³-hybridized carbons (Fsp3) is 0.381. The minimum absolute atomic E-state index is 0.0527. The second-order valence-corrected chi connectivity index (χ2v) is 9.22. The van der Waals surface area contributed by atoms with E-state index in [1.54, 1.807) is 17.5 Å². The van der Waals surface area contributed by atoms with Gasteiger partial charge in [-0.3, -0.25) is 14.3 Å². The lowest BCUT2D eigenvalue weighted by Gasteiger charge is -2.23. The van der Waals surface area contributed by atoms with Gasteiger partial charge in [0, 0.05) is 42.5 Å².